The number of rotatable bonds is 7. The lowest BCUT2D eigenvalue weighted by Crippen LogP contribution is -2.11. The van der Waals surface area contributed by atoms with Gasteiger partial charge in [0.2, 0.25) is 5.69 Å². The number of ether oxygens (including phenoxy) is 2. The molecule has 0 spiro atoms. The van der Waals surface area contributed by atoms with Crippen LogP contribution in [0.4, 0.5) is 8.78 Å². The summed E-state index contributed by atoms with van der Waals surface area (Å²) in [5.74, 6) is -1.49. The van der Waals surface area contributed by atoms with Gasteiger partial charge in [-0.3, -0.25) is 0 Å². The number of esters is 1. The van der Waals surface area contributed by atoms with Crippen LogP contribution in [0.3, 0.4) is 0 Å². The second-order valence-electron chi connectivity index (χ2n) is 7.15. The van der Waals surface area contributed by atoms with Crippen molar-refractivity contribution in [2.75, 3.05) is 13.7 Å². The van der Waals surface area contributed by atoms with E-state index in [9.17, 15) is 13.6 Å². The number of halogens is 2. The first-order valence-electron chi connectivity index (χ1n) is 9.85. The predicted octanol–water partition coefficient (Wildman–Crippen LogP) is 4.05. The van der Waals surface area contributed by atoms with Crippen LogP contribution in [0.25, 0.3) is 0 Å². The Kier molecular flexibility index (Phi) is 6.22. The van der Waals surface area contributed by atoms with E-state index in [-0.39, 0.29) is 17.6 Å². The number of hydrogen-bond acceptors (Lipinski definition) is 6. The highest BCUT2D eigenvalue weighted by atomic mass is 32.2. The maximum absolute atomic E-state index is 13.6. The van der Waals surface area contributed by atoms with Gasteiger partial charge < -0.3 is 9.47 Å². The van der Waals surface area contributed by atoms with Crippen LogP contribution in [-0.2, 0) is 24.1 Å². The Bertz CT molecular complexity index is 1070. The molecule has 4 rings (SSSR count). The molecule has 31 heavy (non-hydrogen) atoms. The van der Waals surface area contributed by atoms with Crippen molar-refractivity contribution in [1.82, 2.24) is 15.0 Å². The van der Waals surface area contributed by atoms with Gasteiger partial charge in [-0.25, -0.2) is 18.3 Å². The maximum Gasteiger partial charge on any atom is 0.361 e. The summed E-state index contributed by atoms with van der Waals surface area (Å²) in [5.41, 5.74) is 2.67. The zero-order valence-electron chi connectivity index (χ0n) is 17.1. The number of nitrogens with zero attached hydrogens (tertiary/aromatic N) is 3. The van der Waals surface area contributed by atoms with Gasteiger partial charge in [-0.2, -0.15) is 0 Å². The van der Waals surface area contributed by atoms with E-state index in [1.54, 1.807) is 18.7 Å². The molecule has 0 N–H and O–H groups in total. The number of hydrogen-bond donors (Lipinski definition) is 0. The largest absolute Gasteiger partial charge is 0.497 e. The zero-order chi connectivity index (χ0) is 22.0. The molecule has 0 radical (unpaired) electrons. The molecule has 1 heterocycles. The fourth-order valence-corrected chi connectivity index (χ4v) is 4.87. The van der Waals surface area contributed by atoms with Gasteiger partial charge in [0.25, 0.3) is 0 Å². The molecule has 0 bridgehead atoms. The highest BCUT2D eigenvalue weighted by Crippen LogP contribution is 2.36. The summed E-state index contributed by atoms with van der Waals surface area (Å²) in [5, 5.41) is 8.80. The van der Waals surface area contributed by atoms with Crippen LogP contribution < -0.4 is 4.74 Å². The van der Waals surface area contributed by atoms with Crippen molar-refractivity contribution < 1.29 is 23.0 Å². The van der Waals surface area contributed by atoms with Gasteiger partial charge in [-0.05, 0) is 60.7 Å². The quantitative estimate of drug-likeness (QED) is 0.511. The van der Waals surface area contributed by atoms with Crippen LogP contribution in [0, 0.1) is 11.6 Å². The second-order valence-corrected chi connectivity index (χ2v) is 8.44. The van der Waals surface area contributed by atoms with Crippen molar-refractivity contribution in [3.8, 4) is 5.75 Å². The Morgan fingerprint density at radius 2 is 1.81 bits per heavy atom. The van der Waals surface area contributed by atoms with Gasteiger partial charge in [-0.1, -0.05) is 17.3 Å². The normalized spacial score (nSPS) is 13.3. The molecular formula is C22H21F2N3O3S. The number of fused-ring (bicyclic) bond motifs is 1. The standard InChI is InChI=1S/C22H21F2N3O3S/c1-3-30-22(28)20-21(27(26-25-20)12-13-4-6-16(29-2)7-5-13)31-17-8-14-10-18(23)19(24)11-15(14)9-17/h4-7,10-11,17H,3,8-9,12H2,1-2H3. The van der Waals surface area contributed by atoms with E-state index in [0.717, 1.165) is 22.4 Å². The lowest BCUT2D eigenvalue weighted by molar-refractivity contribution is 0.0515. The smallest absolute Gasteiger partial charge is 0.361 e. The number of methoxy groups -OCH3 is 1. The molecule has 1 aliphatic rings. The van der Waals surface area contributed by atoms with Gasteiger partial charge >= 0.3 is 5.97 Å². The van der Waals surface area contributed by atoms with Crippen molar-refractivity contribution in [1.29, 1.82) is 0 Å². The summed E-state index contributed by atoms with van der Waals surface area (Å²) in [6, 6.07) is 10.0. The van der Waals surface area contributed by atoms with Crippen molar-refractivity contribution in [2.45, 2.75) is 36.6 Å². The number of benzene rings is 2. The van der Waals surface area contributed by atoms with Crippen molar-refractivity contribution in [2.24, 2.45) is 0 Å². The number of carbonyl (C=O) groups excluding carboxylic acids is 1. The molecule has 0 unspecified atom stereocenters. The molecule has 0 amide bonds. The zero-order valence-corrected chi connectivity index (χ0v) is 17.9. The van der Waals surface area contributed by atoms with E-state index < -0.39 is 17.6 Å². The van der Waals surface area contributed by atoms with Crippen LogP contribution >= 0.6 is 11.8 Å². The topological polar surface area (TPSA) is 66.2 Å². The fraction of sp³-hybridized carbons (Fsp3) is 0.318. The second kappa shape index (κ2) is 9.05. The molecule has 0 aliphatic heterocycles. The van der Waals surface area contributed by atoms with Crippen LogP contribution in [0.1, 0.15) is 34.1 Å². The first-order valence-corrected chi connectivity index (χ1v) is 10.7. The maximum atomic E-state index is 13.6. The summed E-state index contributed by atoms with van der Waals surface area (Å²) < 4.78 is 39.2. The molecule has 162 valence electrons. The van der Waals surface area contributed by atoms with E-state index in [0.29, 0.717) is 24.4 Å². The molecule has 1 aliphatic carbocycles. The third kappa shape index (κ3) is 4.56. The lowest BCUT2D eigenvalue weighted by Gasteiger charge is -2.12. The number of carbonyl (C=O) groups is 1. The van der Waals surface area contributed by atoms with E-state index in [1.807, 2.05) is 24.3 Å². The molecular weight excluding hydrogens is 424 g/mol. The van der Waals surface area contributed by atoms with Crippen LogP contribution in [0.5, 0.6) is 5.75 Å². The third-order valence-corrected chi connectivity index (χ3v) is 6.36. The third-order valence-electron chi connectivity index (χ3n) is 5.07. The van der Waals surface area contributed by atoms with E-state index in [1.165, 1.54) is 23.9 Å². The predicted molar refractivity (Wildman–Crippen MR) is 111 cm³/mol. The Balaban J connectivity index is 1.59. The van der Waals surface area contributed by atoms with Crippen molar-refractivity contribution in [3.05, 3.63) is 70.4 Å². The Hall–Kier alpha value is -2.94. The van der Waals surface area contributed by atoms with Crippen LogP contribution in [0.15, 0.2) is 41.4 Å². The monoisotopic (exact) mass is 445 g/mol. The van der Waals surface area contributed by atoms with Crippen LogP contribution in [-0.4, -0.2) is 39.9 Å². The van der Waals surface area contributed by atoms with E-state index >= 15 is 0 Å². The molecule has 3 aromatic rings. The van der Waals surface area contributed by atoms with Gasteiger partial charge in [0.05, 0.1) is 20.3 Å². The molecule has 0 saturated heterocycles. The van der Waals surface area contributed by atoms with Gasteiger partial charge in [0.1, 0.15) is 10.8 Å². The van der Waals surface area contributed by atoms with Gasteiger partial charge in [-0.15, -0.1) is 16.9 Å². The Morgan fingerprint density at radius 1 is 1.16 bits per heavy atom. The number of thioether (sulfide) groups is 1. The summed E-state index contributed by atoms with van der Waals surface area (Å²) >= 11 is 1.43. The Morgan fingerprint density at radius 3 is 2.39 bits per heavy atom. The van der Waals surface area contributed by atoms with Crippen LogP contribution in [0.2, 0.25) is 0 Å². The van der Waals surface area contributed by atoms with E-state index in [2.05, 4.69) is 10.3 Å². The van der Waals surface area contributed by atoms with Gasteiger partial charge in [0, 0.05) is 5.25 Å². The fourth-order valence-electron chi connectivity index (χ4n) is 3.57. The molecule has 0 saturated carbocycles. The van der Waals surface area contributed by atoms with Gasteiger partial charge in [0.15, 0.2) is 11.6 Å². The minimum atomic E-state index is -0.845. The first-order chi connectivity index (χ1) is 15.0. The van der Waals surface area contributed by atoms with E-state index in [4.69, 9.17) is 9.47 Å². The number of aromatic nitrogens is 3. The molecule has 1 aromatic heterocycles. The van der Waals surface area contributed by atoms with Crippen molar-refractivity contribution >= 4 is 17.7 Å². The summed E-state index contributed by atoms with van der Waals surface area (Å²) in [6.07, 6.45) is 1.13. The molecule has 0 atom stereocenters. The summed E-state index contributed by atoms with van der Waals surface area (Å²) in [6.45, 7) is 2.35. The Labute approximate surface area is 182 Å². The average Bonchev–Trinajstić information content (AvgIpc) is 3.33. The highest BCUT2D eigenvalue weighted by Gasteiger charge is 2.29. The first kappa shape index (κ1) is 21.3. The highest BCUT2D eigenvalue weighted by molar-refractivity contribution is 8.00. The molecule has 2 aromatic carbocycles. The summed E-state index contributed by atoms with van der Waals surface area (Å²) in [4.78, 5) is 12.4. The molecule has 9 heteroatoms. The average molecular weight is 445 g/mol. The summed E-state index contributed by atoms with van der Waals surface area (Å²) in [7, 11) is 1.60. The SMILES string of the molecule is CCOC(=O)c1nnn(Cc2ccc(OC)cc2)c1SC1Cc2cc(F)c(F)cc2C1. The molecule has 6 nitrogen and oxygen atoms in total. The molecule has 0 fully saturated rings. The minimum Gasteiger partial charge on any atom is -0.497 e. The lowest BCUT2D eigenvalue weighted by atomic mass is 10.1. The van der Waals surface area contributed by atoms with Crippen molar-refractivity contribution in [3.63, 3.8) is 0 Å². The minimum absolute atomic E-state index is 0.00232.